The minimum absolute atomic E-state index is 0.434. The van der Waals surface area contributed by atoms with Crippen molar-refractivity contribution in [2.24, 2.45) is 0 Å². The second-order valence-corrected chi connectivity index (χ2v) is 6.32. The summed E-state index contributed by atoms with van der Waals surface area (Å²) in [6, 6.07) is 2.31. The van der Waals surface area contributed by atoms with Crippen LogP contribution in [0.5, 0.6) is 0 Å². The van der Waals surface area contributed by atoms with Crippen molar-refractivity contribution in [1.82, 2.24) is 30.2 Å². The average Bonchev–Trinajstić information content (AvgIpc) is 2.96. The summed E-state index contributed by atoms with van der Waals surface area (Å²) in [6.07, 6.45) is 4.83. The van der Waals surface area contributed by atoms with Crippen molar-refractivity contribution in [1.29, 1.82) is 0 Å². The minimum Gasteiger partial charge on any atom is -0.226 e. The third-order valence-electron chi connectivity index (χ3n) is 3.11. The number of aromatic nitrogens is 6. The quantitative estimate of drug-likeness (QED) is 0.800. The molecule has 0 bridgehead atoms. The van der Waals surface area contributed by atoms with Crippen molar-refractivity contribution in [3.05, 3.63) is 16.5 Å². The summed E-state index contributed by atoms with van der Waals surface area (Å²) >= 11 is 4.86. The summed E-state index contributed by atoms with van der Waals surface area (Å²) < 4.78 is 2.71. The smallest absolute Gasteiger partial charge is 0.215 e. The summed E-state index contributed by atoms with van der Waals surface area (Å²) in [5, 5.41) is 13.7. The molecule has 0 unspecified atom stereocenters. The second-order valence-electron chi connectivity index (χ2n) is 4.52. The van der Waals surface area contributed by atoms with Crippen LogP contribution in [0.3, 0.4) is 0 Å². The van der Waals surface area contributed by atoms with Gasteiger partial charge in [-0.2, -0.15) is 0 Å². The zero-order chi connectivity index (χ0) is 13.2. The van der Waals surface area contributed by atoms with Crippen LogP contribution < -0.4 is 0 Å². The lowest BCUT2D eigenvalue weighted by atomic mass is 10.3. The van der Waals surface area contributed by atoms with Gasteiger partial charge in [0.15, 0.2) is 0 Å². The molecular weight excluding hydrogens is 328 g/mol. The Morgan fingerprint density at radius 1 is 1.32 bits per heavy atom. The Balaban J connectivity index is 1.85. The Morgan fingerprint density at radius 3 is 2.84 bits per heavy atom. The number of nitrogens with zero attached hydrogens (tertiary/aromatic N) is 6. The van der Waals surface area contributed by atoms with Crippen LogP contribution in [0.15, 0.2) is 20.9 Å². The zero-order valence-corrected chi connectivity index (χ0v) is 12.9. The number of hydrogen-bond acceptors (Lipinski definition) is 6. The van der Waals surface area contributed by atoms with E-state index in [2.05, 4.69) is 41.4 Å². The molecule has 100 valence electrons. The lowest BCUT2D eigenvalue weighted by Gasteiger charge is -2.10. The lowest BCUT2D eigenvalue weighted by Crippen LogP contribution is -2.08. The van der Waals surface area contributed by atoms with Crippen molar-refractivity contribution in [3.8, 4) is 0 Å². The molecule has 1 fully saturated rings. The fourth-order valence-corrected chi connectivity index (χ4v) is 3.80. The predicted octanol–water partition coefficient (Wildman–Crippen LogP) is 2.80. The molecule has 0 radical (unpaired) electrons. The molecule has 1 aliphatic carbocycles. The first-order valence-corrected chi connectivity index (χ1v) is 7.80. The molecule has 0 atom stereocenters. The number of rotatable bonds is 3. The average molecular weight is 341 g/mol. The first-order valence-electron chi connectivity index (χ1n) is 6.19. The molecule has 0 aromatic carbocycles. The Labute approximate surface area is 123 Å². The maximum Gasteiger partial charge on any atom is 0.215 e. The Morgan fingerprint density at radius 2 is 2.11 bits per heavy atom. The fourth-order valence-electron chi connectivity index (χ4n) is 2.28. The number of halogens is 1. The van der Waals surface area contributed by atoms with Crippen molar-refractivity contribution >= 4 is 27.7 Å². The van der Waals surface area contributed by atoms with Crippen molar-refractivity contribution in [2.75, 3.05) is 0 Å². The number of hydrogen-bond donors (Lipinski definition) is 0. The van der Waals surface area contributed by atoms with Crippen LogP contribution in [0.1, 0.15) is 37.5 Å². The molecule has 8 heteroatoms. The van der Waals surface area contributed by atoms with Gasteiger partial charge in [-0.15, -0.1) is 5.10 Å². The molecule has 2 aromatic heterocycles. The van der Waals surface area contributed by atoms with Crippen LogP contribution in [0.2, 0.25) is 0 Å². The van der Waals surface area contributed by atoms with E-state index in [0.717, 1.165) is 33.5 Å². The first-order chi connectivity index (χ1) is 9.22. The SMILES string of the molecule is Cc1nc(Br)cc(Sc2nnnn2C2CCCC2)n1. The summed E-state index contributed by atoms with van der Waals surface area (Å²) in [4.78, 5) is 8.59. The largest absolute Gasteiger partial charge is 0.226 e. The molecule has 2 heterocycles. The number of tetrazole rings is 1. The molecule has 0 saturated heterocycles. The third-order valence-corrected chi connectivity index (χ3v) is 4.39. The first kappa shape index (κ1) is 13.0. The zero-order valence-electron chi connectivity index (χ0n) is 10.5. The molecule has 3 rings (SSSR count). The molecule has 0 aliphatic heterocycles. The van der Waals surface area contributed by atoms with Crippen LogP contribution >= 0.6 is 27.7 Å². The topological polar surface area (TPSA) is 69.4 Å². The highest BCUT2D eigenvalue weighted by Crippen LogP contribution is 2.33. The highest BCUT2D eigenvalue weighted by molar-refractivity contribution is 9.10. The van der Waals surface area contributed by atoms with E-state index in [9.17, 15) is 0 Å². The van der Waals surface area contributed by atoms with Gasteiger partial charge in [0.1, 0.15) is 15.5 Å². The number of aryl methyl sites for hydroxylation is 1. The molecule has 1 aliphatic rings. The van der Waals surface area contributed by atoms with E-state index < -0.39 is 0 Å². The second kappa shape index (κ2) is 5.54. The van der Waals surface area contributed by atoms with Crippen molar-refractivity contribution in [2.45, 2.75) is 48.8 Å². The Bertz CT molecular complexity index is 560. The van der Waals surface area contributed by atoms with E-state index >= 15 is 0 Å². The van der Waals surface area contributed by atoms with E-state index in [-0.39, 0.29) is 0 Å². The molecular formula is C11H13BrN6S. The van der Waals surface area contributed by atoms with Gasteiger partial charge in [0.25, 0.3) is 0 Å². The van der Waals surface area contributed by atoms with Gasteiger partial charge in [-0.05, 0) is 57.9 Å². The highest BCUT2D eigenvalue weighted by atomic mass is 79.9. The van der Waals surface area contributed by atoms with E-state index in [4.69, 9.17) is 0 Å². The molecule has 0 spiro atoms. The summed E-state index contributed by atoms with van der Waals surface area (Å²) in [5.74, 6) is 0.733. The van der Waals surface area contributed by atoms with Crippen molar-refractivity contribution in [3.63, 3.8) is 0 Å². The summed E-state index contributed by atoms with van der Waals surface area (Å²) in [6.45, 7) is 1.87. The van der Waals surface area contributed by atoms with Crippen molar-refractivity contribution < 1.29 is 0 Å². The van der Waals surface area contributed by atoms with Gasteiger partial charge in [0.05, 0.1) is 6.04 Å². The van der Waals surface area contributed by atoms with Gasteiger partial charge in [0, 0.05) is 6.07 Å². The maximum absolute atomic E-state index is 4.39. The maximum atomic E-state index is 4.39. The van der Waals surface area contributed by atoms with E-state index in [1.165, 1.54) is 24.6 Å². The molecule has 0 N–H and O–H groups in total. The monoisotopic (exact) mass is 340 g/mol. The standard InChI is InChI=1S/C11H13BrN6S/c1-7-13-9(12)6-10(14-7)19-11-15-16-17-18(11)8-4-2-3-5-8/h6,8H,2-5H2,1H3. The Kier molecular flexibility index (Phi) is 3.79. The van der Waals surface area contributed by atoms with Gasteiger partial charge < -0.3 is 0 Å². The van der Waals surface area contributed by atoms with Gasteiger partial charge in [-0.3, -0.25) is 0 Å². The molecule has 1 saturated carbocycles. The van der Waals surface area contributed by atoms with Gasteiger partial charge in [-0.25, -0.2) is 14.6 Å². The van der Waals surface area contributed by atoms with Crippen LogP contribution in [-0.4, -0.2) is 30.2 Å². The summed E-state index contributed by atoms with van der Waals surface area (Å²) in [5.41, 5.74) is 0. The van der Waals surface area contributed by atoms with Crippen LogP contribution in [0.25, 0.3) is 0 Å². The molecule has 2 aromatic rings. The molecule has 6 nitrogen and oxygen atoms in total. The highest BCUT2D eigenvalue weighted by Gasteiger charge is 2.22. The Hall–Kier alpha value is -1.02. The van der Waals surface area contributed by atoms with Crippen LogP contribution in [0, 0.1) is 6.92 Å². The van der Waals surface area contributed by atoms with Gasteiger partial charge in [0.2, 0.25) is 5.16 Å². The molecule has 19 heavy (non-hydrogen) atoms. The van der Waals surface area contributed by atoms with E-state index in [1.54, 1.807) is 0 Å². The summed E-state index contributed by atoms with van der Waals surface area (Å²) in [7, 11) is 0. The van der Waals surface area contributed by atoms with Gasteiger partial charge >= 0.3 is 0 Å². The van der Waals surface area contributed by atoms with E-state index in [1.807, 2.05) is 17.7 Å². The normalized spacial score (nSPS) is 16.1. The van der Waals surface area contributed by atoms with Crippen LogP contribution in [0.4, 0.5) is 0 Å². The third kappa shape index (κ3) is 2.94. The fraction of sp³-hybridized carbons (Fsp3) is 0.545. The minimum atomic E-state index is 0.434. The predicted molar refractivity (Wildman–Crippen MR) is 73.9 cm³/mol. The van der Waals surface area contributed by atoms with Crippen LogP contribution in [-0.2, 0) is 0 Å². The lowest BCUT2D eigenvalue weighted by molar-refractivity contribution is 0.423. The molecule has 0 amide bonds. The van der Waals surface area contributed by atoms with Gasteiger partial charge in [-0.1, -0.05) is 12.8 Å². The van der Waals surface area contributed by atoms with E-state index in [0.29, 0.717) is 6.04 Å².